The topological polar surface area (TPSA) is 58.6 Å². The van der Waals surface area contributed by atoms with Crippen LogP contribution in [-0.4, -0.2) is 22.8 Å². The van der Waals surface area contributed by atoms with Gasteiger partial charge in [-0.1, -0.05) is 43.3 Å². The van der Waals surface area contributed by atoms with E-state index in [1.807, 2.05) is 37.3 Å². The van der Waals surface area contributed by atoms with Gasteiger partial charge in [-0.15, -0.1) is 0 Å². The molecule has 1 atom stereocenters. The van der Waals surface area contributed by atoms with E-state index in [1.54, 1.807) is 29.2 Å². The summed E-state index contributed by atoms with van der Waals surface area (Å²) in [5.74, 6) is -0.311. The molecule has 0 aliphatic carbocycles. The van der Waals surface area contributed by atoms with Crippen LogP contribution in [-0.2, 0) is 17.9 Å². The Morgan fingerprint density at radius 2 is 1.90 bits per heavy atom. The first-order valence-electron chi connectivity index (χ1n) is 10.2. The first-order chi connectivity index (χ1) is 15.0. The van der Waals surface area contributed by atoms with Gasteiger partial charge in [-0.3, -0.25) is 9.59 Å². The molecule has 31 heavy (non-hydrogen) atoms. The molecule has 3 aromatic carbocycles. The number of halogens is 1. The molecule has 0 bridgehead atoms. The molecule has 1 aliphatic rings. The maximum atomic E-state index is 13.4. The number of hydrogen-bond acceptors (Lipinski definition) is 3. The SMILES string of the molecule is CC[C@@H]1Oc2ccc(NC(=O)c3cccc(F)c3)cc2CN(Cc2ccccc2)C1=O. The molecule has 0 unspecified atom stereocenters. The summed E-state index contributed by atoms with van der Waals surface area (Å²) in [6.07, 6.45) is -0.000523. The number of fused-ring (bicyclic) bond motifs is 1. The molecule has 2 amide bonds. The zero-order valence-electron chi connectivity index (χ0n) is 17.2. The van der Waals surface area contributed by atoms with Crippen LogP contribution in [0.15, 0.2) is 72.8 Å². The molecule has 0 saturated heterocycles. The van der Waals surface area contributed by atoms with Crippen LogP contribution in [0.2, 0.25) is 0 Å². The fourth-order valence-corrected chi connectivity index (χ4v) is 3.62. The molecular weight excluding hydrogens is 395 g/mol. The molecule has 1 aliphatic heterocycles. The second-order valence-corrected chi connectivity index (χ2v) is 7.48. The molecule has 1 N–H and O–H groups in total. The number of rotatable bonds is 5. The van der Waals surface area contributed by atoms with Gasteiger partial charge in [-0.25, -0.2) is 4.39 Å². The Balaban J connectivity index is 1.59. The van der Waals surface area contributed by atoms with Crippen molar-refractivity contribution in [2.45, 2.75) is 32.5 Å². The van der Waals surface area contributed by atoms with Crippen molar-refractivity contribution in [2.75, 3.05) is 5.32 Å². The highest BCUT2D eigenvalue weighted by molar-refractivity contribution is 6.04. The molecule has 0 radical (unpaired) electrons. The first-order valence-corrected chi connectivity index (χ1v) is 10.2. The van der Waals surface area contributed by atoms with Gasteiger partial charge >= 0.3 is 0 Å². The highest BCUT2D eigenvalue weighted by atomic mass is 19.1. The van der Waals surface area contributed by atoms with E-state index < -0.39 is 17.8 Å². The van der Waals surface area contributed by atoms with Crippen molar-refractivity contribution < 1.29 is 18.7 Å². The summed E-state index contributed by atoms with van der Waals surface area (Å²) < 4.78 is 19.4. The predicted molar refractivity (Wildman–Crippen MR) is 116 cm³/mol. The van der Waals surface area contributed by atoms with E-state index in [9.17, 15) is 14.0 Å². The van der Waals surface area contributed by atoms with E-state index in [0.717, 1.165) is 11.1 Å². The summed E-state index contributed by atoms with van der Waals surface area (Å²) in [6.45, 7) is 2.75. The van der Waals surface area contributed by atoms with Gasteiger partial charge in [0.1, 0.15) is 11.6 Å². The van der Waals surface area contributed by atoms with E-state index in [1.165, 1.54) is 18.2 Å². The molecule has 3 aromatic rings. The number of carbonyl (C=O) groups is 2. The third-order valence-corrected chi connectivity index (χ3v) is 5.21. The molecule has 0 aromatic heterocycles. The molecule has 1 heterocycles. The zero-order chi connectivity index (χ0) is 21.8. The van der Waals surface area contributed by atoms with Gasteiger partial charge in [0.05, 0.1) is 0 Å². The van der Waals surface area contributed by atoms with Crippen LogP contribution in [0, 0.1) is 5.82 Å². The Bertz CT molecular complexity index is 1100. The lowest BCUT2D eigenvalue weighted by atomic mass is 10.1. The highest BCUT2D eigenvalue weighted by Crippen LogP contribution is 2.30. The summed E-state index contributed by atoms with van der Waals surface area (Å²) in [4.78, 5) is 27.3. The van der Waals surface area contributed by atoms with Crippen LogP contribution in [0.5, 0.6) is 5.75 Å². The molecule has 5 nitrogen and oxygen atoms in total. The van der Waals surface area contributed by atoms with Crippen molar-refractivity contribution in [2.24, 2.45) is 0 Å². The highest BCUT2D eigenvalue weighted by Gasteiger charge is 2.30. The number of benzene rings is 3. The number of carbonyl (C=O) groups excluding carboxylic acids is 2. The molecule has 0 fully saturated rings. The number of nitrogens with zero attached hydrogens (tertiary/aromatic N) is 1. The Kier molecular flexibility index (Phi) is 5.98. The zero-order valence-corrected chi connectivity index (χ0v) is 17.2. The van der Waals surface area contributed by atoms with Crippen LogP contribution in [0.4, 0.5) is 10.1 Å². The van der Waals surface area contributed by atoms with Gasteiger partial charge in [0.15, 0.2) is 6.10 Å². The molecule has 6 heteroatoms. The summed E-state index contributed by atoms with van der Waals surface area (Å²) in [7, 11) is 0. The average Bonchev–Trinajstić information content (AvgIpc) is 2.90. The Morgan fingerprint density at radius 1 is 1.10 bits per heavy atom. The number of amides is 2. The van der Waals surface area contributed by atoms with E-state index in [2.05, 4.69) is 5.32 Å². The monoisotopic (exact) mass is 418 g/mol. The van der Waals surface area contributed by atoms with Crippen molar-refractivity contribution in [1.82, 2.24) is 4.90 Å². The van der Waals surface area contributed by atoms with Gasteiger partial charge in [-0.05, 0) is 48.4 Å². The van der Waals surface area contributed by atoms with E-state index in [-0.39, 0.29) is 11.5 Å². The molecule has 4 rings (SSSR count). The van der Waals surface area contributed by atoms with E-state index >= 15 is 0 Å². The Morgan fingerprint density at radius 3 is 2.65 bits per heavy atom. The van der Waals surface area contributed by atoms with E-state index in [4.69, 9.17) is 4.74 Å². The lowest BCUT2D eigenvalue weighted by Gasteiger charge is -2.23. The van der Waals surface area contributed by atoms with Crippen molar-refractivity contribution in [1.29, 1.82) is 0 Å². The van der Waals surface area contributed by atoms with Gasteiger partial charge in [0.25, 0.3) is 11.8 Å². The maximum Gasteiger partial charge on any atom is 0.264 e. The van der Waals surface area contributed by atoms with Gasteiger partial charge in [0, 0.05) is 29.9 Å². The summed E-state index contributed by atoms with van der Waals surface area (Å²) in [6, 6.07) is 20.6. The molecular formula is C25H23FN2O3. The van der Waals surface area contributed by atoms with Crippen LogP contribution >= 0.6 is 0 Å². The minimum absolute atomic E-state index is 0.0621. The van der Waals surface area contributed by atoms with Gasteiger partial charge in [-0.2, -0.15) is 0 Å². The minimum atomic E-state index is -0.558. The number of hydrogen-bond donors (Lipinski definition) is 1. The standard InChI is InChI=1S/C25H23FN2O3/c1-2-22-25(30)28(15-17-7-4-3-5-8-17)16-19-14-21(11-12-23(19)31-22)27-24(29)18-9-6-10-20(26)13-18/h3-14,22H,2,15-16H2,1H3,(H,27,29)/t22-/m0/s1. The molecule has 0 saturated carbocycles. The van der Waals surface area contributed by atoms with Crippen molar-refractivity contribution in [3.8, 4) is 5.75 Å². The smallest absolute Gasteiger partial charge is 0.264 e. The van der Waals surface area contributed by atoms with E-state index in [0.29, 0.717) is 30.9 Å². The van der Waals surface area contributed by atoms with Crippen molar-refractivity contribution in [3.63, 3.8) is 0 Å². The number of ether oxygens (including phenoxy) is 1. The van der Waals surface area contributed by atoms with Crippen LogP contribution < -0.4 is 10.1 Å². The normalized spacial score (nSPS) is 15.6. The first kappa shape index (κ1) is 20.6. The number of anilines is 1. The van der Waals surface area contributed by atoms with Crippen molar-refractivity contribution in [3.05, 3.63) is 95.3 Å². The van der Waals surface area contributed by atoms with Gasteiger partial charge in [0.2, 0.25) is 0 Å². The second-order valence-electron chi connectivity index (χ2n) is 7.48. The summed E-state index contributed by atoms with van der Waals surface area (Å²) in [5, 5.41) is 2.79. The maximum absolute atomic E-state index is 13.4. The molecule has 158 valence electrons. The quantitative estimate of drug-likeness (QED) is 0.649. The Labute approximate surface area is 180 Å². The minimum Gasteiger partial charge on any atom is -0.480 e. The fourth-order valence-electron chi connectivity index (χ4n) is 3.62. The van der Waals surface area contributed by atoms with Crippen LogP contribution in [0.1, 0.15) is 34.8 Å². The lowest BCUT2D eigenvalue weighted by molar-refractivity contribution is -0.139. The van der Waals surface area contributed by atoms with Gasteiger partial charge < -0.3 is 15.0 Å². The lowest BCUT2D eigenvalue weighted by Crippen LogP contribution is -2.38. The second kappa shape index (κ2) is 9.00. The Hall–Kier alpha value is -3.67. The molecule has 0 spiro atoms. The fraction of sp³-hybridized carbons (Fsp3) is 0.200. The predicted octanol–water partition coefficient (Wildman–Crippen LogP) is 4.78. The average molecular weight is 418 g/mol. The summed E-state index contributed by atoms with van der Waals surface area (Å²) >= 11 is 0. The largest absolute Gasteiger partial charge is 0.480 e. The third kappa shape index (κ3) is 4.74. The number of nitrogens with one attached hydrogen (secondary N) is 1. The van der Waals surface area contributed by atoms with Crippen molar-refractivity contribution >= 4 is 17.5 Å². The van der Waals surface area contributed by atoms with Crippen LogP contribution in [0.3, 0.4) is 0 Å². The van der Waals surface area contributed by atoms with Crippen LogP contribution in [0.25, 0.3) is 0 Å². The third-order valence-electron chi connectivity index (χ3n) is 5.21. The summed E-state index contributed by atoms with van der Waals surface area (Å²) in [5.41, 5.74) is 2.62.